The van der Waals surface area contributed by atoms with Crippen molar-refractivity contribution >= 4 is 66.4 Å². The Kier molecular flexibility index (Phi) is 3.77. The highest BCUT2D eigenvalue weighted by molar-refractivity contribution is 6.36. The first kappa shape index (κ1) is 19.3. The van der Waals surface area contributed by atoms with Gasteiger partial charge < -0.3 is 29.4 Å². The van der Waals surface area contributed by atoms with E-state index in [0.717, 1.165) is 66.0 Å². The lowest BCUT2D eigenvalue weighted by molar-refractivity contribution is -0.131. The molecular formula is C27H21N3O4. The van der Waals surface area contributed by atoms with Crippen LogP contribution in [0.2, 0.25) is 0 Å². The van der Waals surface area contributed by atoms with Crippen LogP contribution in [-0.2, 0) is 17.9 Å². The number of benzene rings is 3. The second kappa shape index (κ2) is 6.65. The minimum absolute atomic E-state index is 0.0197. The molecule has 1 aliphatic rings. The number of para-hydroxylation sites is 1. The number of aliphatic hydroxyl groups excluding tert-OH is 1. The zero-order valence-corrected chi connectivity index (χ0v) is 18.1. The Hall–Kier alpha value is -4.23. The SMILES string of the molecule is O=C(O)C=Cc1ccc2c(c1)c1c3c(O)[nH]cc3c3c4ccccc4n4c3c1n2CC(CO)C4. The Balaban J connectivity index is 1.77. The minimum Gasteiger partial charge on any atom is -0.494 e. The first-order chi connectivity index (χ1) is 16.6. The lowest BCUT2D eigenvalue weighted by Crippen LogP contribution is -2.18. The summed E-state index contributed by atoms with van der Waals surface area (Å²) in [6.07, 6.45) is 4.57. The molecule has 1 unspecified atom stereocenters. The van der Waals surface area contributed by atoms with Gasteiger partial charge in [-0.1, -0.05) is 24.3 Å². The molecule has 0 amide bonds. The zero-order valence-electron chi connectivity index (χ0n) is 18.1. The number of fused-ring (bicyclic) bond motifs is 9. The molecule has 34 heavy (non-hydrogen) atoms. The quantitative estimate of drug-likeness (QED) is 0.290. The van der Waals surface area contributed by atoms with Gasteiger partial charge in [-0.15, -0.1) is 0 Å². The van der Waals surface area contributed by atoms with Gasteiger partial charge in [0.2, 0.25) is 0 Å². The first-order valence-electron chi connectivity index (χ1n) is 11.3. The largest absolute Gasteiger partial charge is 0.494 e. The molecule has 168 valence electrons. The Morgan fingerprint density at radius 1 is 0.971 bits per heavy atom. The van der Waals surface area contributed by atoms with Crippen molar-refractivity contribution in [2.75, 3.05) is 6.61 Å². The number of carboxylic acid groups (broad SMARTS) is 1. The van der Waals surface area contributed by atoms with Gasteiger partial charge in [0, 0.05) is 75.9 Å². The molecule has 3 aromatic carbocycles. The number of carbonyl (C=O) groups is 1. The third-order valence-electron chi connectivity index (χ3n) is 7.22. The molecular weight excluding hydrogens is 430 g/mol. The molecule has 4 N–H and O–H groups in total. The van der Waals surface area contributed by atoms with Crippen molar-refractivity contribution in [3.8, 4) is 5.88 Å². The molecule has 0 saturated carbocycles. The summed E-state index contributed by atoms with van der Waals surface area (Å²) in [4.78, 5) is 14.1. The number of aliphatic carboxylic acids is 1. The van der Waals surface area contributed by atoms with Crippen molar-refractivity contribution in [3.63, 3.8) is 0 Å². The molecule has 6 aromatic rings. The molecule has 7 heteroatoms. The normalized spacial score (nSPS) is 16.2. The molecule has 7 nitrogen and oxygen atoms in total. The predicted octanol–water partition coefficient (Wildman–Crippen LogP) is 4.81. The average molecular weight is 451 g/mol. The minimum atomic E-state index is -1.00. The summed E-state index contributed by atoms with van der Waals surface area (Å²) < 4.78 is 4.57. The van der Waals surface area contributed by atoms with E-state index in [1.54, 1.807) is 6.08 Å². The molecule has 0 bridgehead atoms. The van der Waals surface area contributed by atoms with Gasteiger partial charge in [-0.3, -0.25) is 0 Å². The van der Waals surface area contributed by atoms with Crippen LogP contribution in [0.25, 0.3) is 60.5 Å². The highest BCUT2D eigenvalue weighted by Crippen LogP contribution is 2.48. The number of hydrogen-bond donors (Lipinski definition) is 4. The third-order valence-corrected chi connectivity index (χ3v) is 7.22. The number of hydrogen-bond acceptors (Lipinski definition) is 3. The number of rotatable bonds is 3. The summed E-state index contributed by atoms with van der Waals surface area (Å²) in [7, 11) is 0. The number of aromatic nitrogens is 3. The van der Waals surface area contributed by atoms with Crippen molar-refractivity contribution in [2.45, 2.75) is 13.1 Å². The van der Waals surface area contributed by atoms with Gasteiger partial charge in [-0.25, -0.2) is 4.79 Å². The van der Waals surface area contributed by atoms with Crippen molar-refractivity contribution < 1.29 is 20.1 Å². The summed E-state index contributed by atoms with van der Waals surface area (Å²) in [5, 5.41) is 36.1. The van der Waals surface area contributed by atoms with Gasteiger partial charge in [0.25, 0.3) is 0 Å². The van der Waals surface area contributed by atoms with Gasteiger partial charge >= 0.3 is 5.97 Å². The van der Waals surface area contributed by atoms with Crippen molar-refractivity contribution in [3.05, 3.63) is 60.3 Å². The molecule has 3 aromatic heterocycles. The third kappa shape index (κ3) is 2.36. The molecule has 1 aliphatic heterocycles. The van der Waals surface area contributed by atoms with Gasteiger partial charge in [-0.2, -0.15) is 0 Å². The molecule has 0 spiro atoms. The van der Waals surface area contributed by atoms with Crippen LogP contribution in [0.1, 0.15) is 5.56 Å². The number of nitrogens with one attached hydrogen (secondary N) is 1. The van der Waals surface area contributed by atoms with Crippen LogP contribution in [0.3, 0.4) is 0 Å². The van der Waals surface area contributed by atoms with E-state index in [1.807, 2.05) is 36.5 Å². The smallest absolute Gasteiger partial charge is 0.328 e. The van der Waals surface area contributed by atoms with Crippen LogP contribution in [0.5, 0.6) is 5.88 Å². The maximum absolute atomic E-state index is 11.1. The van der Waals surface area contributed by atoms with E-state index in [-0.39, 0.29) is 18.4 Å². The van der Waals surface area contributed by atoms with Crippen molar-refractivity contribution in [1.29, 1.82) is 0 Å². The fourth-order valence-electron chi connectivity index (χ4n) is 5.90. The molecule has 4 heterocycles. The maximum atomic E-state index is 11.1. The van der Waals surface area contributed by atoms with Crippen LogP contribution in [-0.4, -0.2) is 42.0 Å². The topological polar surface area (TPSA) is 103 Å². The van der Waals surface area contributed by atoms with E-state index in [0.29, 0.717) is 13.1 Å². The molecule has 1 atom stereocenters. The number of aliphatic hydroxyl groups is 1. The standard InChI is InChI=1S/C27H21N3O4/c31-13-15-11-29-19-4-2-1-3-16(19)22-18-10-28-27(34)24(18)23-17-9-14(6-8-21(32)33)5-7-20(17)30(12-15)26(23)25(22)29/h1-10,15,28,31,34H,11-13H2,(H,32,33). The van der Waals surface area contributed by atoms with E-state index in [1.165, 1.54) is 0 Å². The fourth-order valence-corrected chi connectivity index (χ4v) is 5.90. The highest BCUT2D eigenvalue weighted by atomic mass is 16.4. The Morgan fingerprint density at radius 3 is 2.47 bits per heavy atom. The number of carboxylic acids is 1. The van der Waals surface area contributed by atoms with Crippen LogP contribution >= 0.6 is 0 Å². The molecule has 0 radical (unpaired) electrons. The number of nitrogens with zero attached hydrogens (tertiary/aromatic N) is 2. The van der Waals surface area contributed by atoms with Crippen LogP contribution in [0.4, 0.5) is 0 Å². The monoisotopic (exact) mass is 451 g/mol. The highest BCUT2D eigenvalue weighted by Gasteiger charge is 2.29. The van der Waals surface area contributed by atoms with E-state index in [4.69, 9.17) is 5.11 Å². The van der Waals surface area contributed by atoms with E-state index >= 15 is 0 Å². The van der Waals surface area contributed by atoms with Crippen molar-refractivity contribution in [2.24, 2.45) is 5.92 Å². The number of H-pyrrole nitrogens is 1. The lowest BCUT2D eigenvalue weighted by atomic mass is 10.0. The Bertz CT molecular complexity index is 1850. The fraction of sp³-hybridized carbons (Fsp3) is 0.148. The van der Waals surface area contributed by atoms with Gasteiger partial charge in [0.05, 0.1) is 16.4 Å². The van der Waals surface area contributed by atoms with E-state index < -0.39 is 5.97 Å². The second-order valence-electron chi connectivity index (χ2n) is 9.11. The second-order valence-corrected chi connectivity index (χ2v) is 9.11. The predicted molar refractivity (Wildman–Crippen MR) is 133 cm³/mol. The van der Waals surface area contributed by atoms with Gasteiger partial charge in [0.1, 0.15) is 0 Å². The molecule has 0 aliphatic carbocycles. The first-order valence-corrected chi connectivity index (χ1v) is 11.3. The van der Waals surface area contributed by atoms with E-state index in [2.05, 4.69) is 26.3 Å². The van der Waals surface area contributed by atoms with Gasteiger partial charge in [-0.05, 0) is 29.8 Å². The Labute approximate surface area is 192 Å². The van der Waals surface area contributed by atoms with Crippen LogP contribution in [0.15, 0.2) is 54.7 Å². The van der Waals surface area contributed by atoms with Gasteiger partial charge in [0.15, 0.2) is 5.88 Å². The summed E-state index contributed by atoms with van der Waals surface area (Å²) in [5.74, 6) is -0.867. The molecule has 0 fully saturated rings. The summed E-state index contributed by atoms with van der Waals surface area (Å²) in [6.45, 7) is 1.40. The molecule has 0 saturated heterocycles. The summed E-state index contributed by atoms with van der Waals surface area (Å²) in [6, 6.07) is 14.2. The maximum Gasteiger partial charge on any atom is 0.328 e. The van der Waals surface area contributed by atoms with Crippen LogP contribution < -0.4 is 0 Å². The average Bonchev–Trinajstić information content (AvgIpc) is 3.43. The van der Waals surface area contributed by atoms with Crippen LogP contribution in [0, 0.1) is 5.92 Å². The summed E-state index contributed by atoms with van der Waals surface area (Å²) >= 11 is 0. The lowest BCUT2D eigenvalue weighted by Gasteiger charge is -2.15. The number of aromatic hydroxyl groups is 1. The van der Waals surface area contributed by atoms with Crippen molar-refractivity contribution in [1.82, 2.24) is 14.1 Å². The number of aromatic amines is 1. The van der Waals surface area contributed by atoms with E-state index in [9.17, 15) is 15.0 Å². The molecule has 7 rings (SSSR count). The Morgan fingerprint density at radius 2 is 1.71 bits per heavy atom. The zero-order chi connectivity index (χ0) is 23.1. The summed E-state index contributed by atoms with van der Waals surface area (Å²) in [5.41, 5.74) is 4.99.